The molecule has 6 nitrogen and oxygen atoms in total. The molecular weight excluding hydrogens is 817 g/mol. The van der Waals surface area contributed by atoms with Crippen LogP contribution in [0.5, 0.6) is 0 Å². The molecule has 0 amide bonds. The van der Waals surface area contributed by atoms with E-state index in [0.717, 1.165) is 64.2 Å². The lowest BCUT2D eigenvalue weighted by Gasteiger charge is -2.18. The van der Waals surface area contributed by atoms with E-state index in [-0.39, 0.29) is 31.1 Å². The van der Waals surface area contributed by atoms with Crippen molar-refractivity contribution in [2.75, 3.05) is 13.2 Å². The highest BCUT2D eigenvalue weighted by molar-refractivity contribution is 5.71. The summed E-state index contributed by atoms with van der Waals surface area (Å²) in [5.74, 6) is -0.864. The molecule has 0 aliphatic heterocycles. The fourth-order valence-corrected chi connectivity index (χ4v) is 8.73. The van der Waals surface area contributed by atoms with Crippen LogP contribution in [0.25, 0.3) is 0 Å². The molecule has 66 heavy (non-hydrogen) atoms. The molecule has 0 N–H and O–H groups in total. The van der Waals surface area contributed by atoms with E-state index in [0.29, 0.717) is 19.3 Å². The van der Waals surface area contributed by atoms with Crippen LogP contribution in [0.1, 0.15) is 323 Å². The molecule has 388 valence electrons. The van der Waals surface area contributed by atoms with Gasteiger partial charge in [-0.25, -0.2) is 0 Å². The van der Waals surface area contributed by atoms with Gasteiger partial charge in [0.1, 0.15) is 13.2 Å². The highest BCUT2D eigenvalue weighted by atomic mass is 16.6. The maximum absolute atomic E-state index is 12.8. The lowest BCUT2D eigenvalue weighted by Crippen LogP contribution is -2.30. The lowest BCUT2D eigenvalue weighted by molar-refractivity contribution is -0.167. The van der Waals surface area contributed by atoms with Crippen molar-refractivity contribution in [2.24, 2.45) is 0 Å². The highest BCUT2D eigenvalue weighted by Crippen LogP contribution is 2.17. The summed E-state index contributed by atoms with van der Waals surface area (Å²) in [5, 5.41) is 0. The zero-order valence-electron chi connectivity index (χ0n) is 44.5. The molecule has 0 aromatic carbocycles. The number of esters is 3. The Kier molecular flexibility index (Phi) is 53.7. The van der Waals surface area contributed by atoms with Crippen LogP contribution in [0.15, 0.2) is 24.3 Å². The third-order valence-corrected chi connectivity index (χ3v) is 13.2. The Morgan fingerprint density at radius 2 is 0.500 bits per heavy atom. The maximum Gasteiger partial charge on any atom is 0.306 e. The molecule has 0 fully saturated rings. The van der Waals surface area contributed by atoms with Crippen molar-refractivity contribution in [2.45, 2.75) is 329 Å². The Labute approximate surface area is 411 Å². The lowest BCUT2D eigenvalue weighted by atomic mass is 10.0. The summed E-state index contributed by atoms with van der Waals surface area (Å²) < 4.78 is 16.9. The topological polar surface area (TPSA) is 78.9 Å². The van der Waals surface area contributed by atoms with Gasteiger partial charge in [0.2, 0.25) is 0 Å². The van der Waals surface area contributed by atoms with Gasteiger partial charge in [0.25, 0.3) is 0 Å². The van der Waals surface area contributed by atoms with Crippen LogP contribution < -0.4 is 0 Å². The molecule has 0 aromatic heterocycles. The molecule has 0 saturated carbocycles. The highest BCUT2D eigenvalue weighted by Gasteiger charge is 2.19. The van der Waals surface area contributed by atoms with E-state index in [1.165, 1.54) is 218 Å². The minimum absolute atomic E-state index is 0.0714. The first-order chi connectivity index (χ1) is 32.5. The van der Waals surface area contributed by atoms with Gasteiger partial charge in [-0.1, -0.05) is 257 Å². The average molecular weight is 930 g/mol. The normalized spacial score (nSPS) is 12.1. The third kappa shape index (κ3) is 52.9. The molecule has 0 heterocycles. The van der Waals surface area contributed by atoms with E-state index in [2.05, 4.69) is 45.1 Å². The Bertz CT molecular complexity index is 1070. The van der Waals surface area contributed by atoms with Gasteiger partial charge in [0.05, 0.1) is 0 Å². The predicted molar refractivity (Wildman–Crippen MR) is 284 cm³/mol. The quantitative estimate of drug-likeness (QED) is 0.0262. The van der Waals surface area contributed by atoms with Gasteiger partial charge in [-0.05, 0) is 70.6 Å². The fourth-order valence-electron chi connectivity index (χ4n) is 8.73. The zero-order valence-corrected chi connectivity index (χ0v) is 44.5. The number of rotatable bonds is 54. The van der Waals surface area contributed by atoms with Gasteiger partial charge in [0, 0.05) is 19.3 Å². The average Bonchev–Trinajstić information content (AvgIpc) is 3.31. The van der Waals surface area contributed by atoms with Crippen LogP contribution in [0, 0.1) is 0 Å². The molecule has 0 spiro atoms. The molecule has 0 aliphatic carbocycles. The molecule has 0 bridgehead atoms. The van der Waals surface area contributed by atoms with Gasteiger partial charge in [-0.3, -0.25) is 14.4 Å². The van der Waals surface area contributed by atoms with E-state index >= 15 is 0 Å². The van der Waals surface area contributed by atoms with Gasteiger partial charge < -0.3 is 14.2 Å². The second-order valence-electron chi connectivity index (χ2n) is 19.9. The summed E-state index contributed by atoms with van der Waals surface area (Å²) >= 11 is 0. The number of unbranched alkanes of at least 4 members (excludes halogenated alkanes) is 39. The molecule has 0 rings (SSSR count). The van der Waals surface area contributed by atoms with Crippen molar-refractivity contribution in [1.82, 2.24) is 0 Å². The Morgan fingerprint density at radius 3 is 0.773 bits per heavy atom. The fraction of sp³-hybridized carbons (Fsp3) is 0.883. The van der Waals surface area contributed by atoms with Gasteiger partial charge in [-0.15, -0.1) is 0 Å². The number of hydrogen-bond donors (Lipinski definition) is 0. The van der Waals surface area contributed by atoms with Crippen LogP contribution >= 0.6 is 0 Å². The van der Waals surface area contributed by atoms with Gasteiger partial charge in [-0.2, -0.15) is 0 Å². The zero-order chi connectivity index (χ0) is 47.9. The van der Waals surface area contributed by atoms with E-state index in [1.54, 1.807) is 0 Å². The monoisotopic (exact) mass is 929 g/mol. The molecule has 0 saturated heterocycles. The van der Waals surface area contributed by atoms with Gasteiger partial charge in [0.15, 0.2) is 6.10 Å². The van der Waals surface area contributed by atoms with Crippen molar-refractivity contribution in [3.63, 3.8) is 0 Å². The minimum atomic E-state index is -0.773. The van der Waals surface area contributed by atoms with Crippen molar-refractivity contribution in [1.29, 1.82) is 0 Å². The van der Waals surface area contributed by atoms with Crippen LogP contribution in [-0.2, 0) is 28.6 Å². The van der Waals surface area contributed by atoms with Gasteiger partial charge >= 0.3 is 17.9 Å². The Morgan fingerprint density at radius 1 is 0.288 bits per heavy atom. The standard InChI is InChI=1S/C60H112O6/c1-4-7-10-13-16-19-22-25-28-30-33-35-38-41-44-47-50-53-59(62)65-56-57(55-64-58(61)52-49-46-43-40-37-34-31-27-24-21-18-15-12-9-6-3)66-60(63)54-51-48-45-42-39-36-32-29-26-23-20-17-14-11-8-5-2/h21,24,29,32,57H,4-20,22-23,25-28,30-31,33-56H2,1-3H3/b24-21-,32-29-. The summed E-state index contributed by atoms with van der Waals surface area (Å²) in [6, 6.07) is 0. The Hall–Kier alpha value is -2.11. The molecule has 0 aromatic rings. The second-order valence-corrected chi connectivity index (χ2v) is 19.9. The smallest absolute Gasteiger partial charge is 0.306 e. The minimum Gasteiger partial charge on any atom is -0.462 e. The van der Waals surface area contributed by atoms with E-state index in [4.69, 9.17) is 14.2 Å². The first-order valence-electron chi connectivity index (χ1n) is 29.3. The van der Waals surface area contributed by atoms with Crippen molar-refractivity contribution in [3.05, 3.63) is 24.3 Å². The molecule has 0 radical (unpaired) electrons. The molecule has 1 unspecified atom stereocenters. The van der Waals surface area contributed by atoms with Crippen LogP contribution in [0.4, 0.5) is 0 Å². The van der Waals surface area contributed by atoms with Crippen LogP contribution in [0.3, 0.4) is 0 Å². The number of carbonyl (C=O) groups excluding carboxylic acids is 3. The summed E-state index contributed by atoms with van der Waals surface area (Å²) in [6.45, 7) is 6.66. The summed E-state index contributed by atoms with van der Waals surface area (Å²) in [5.41, 5.74) is 0. The Balaban J connectivity index is 4.34. The molecule has 6 heteroatoms. The first-order valence-corrected chi connectivity index (χ1v) is 29.3. The molecular formula is C60H112O6. The number of ether oxygens (including phenoxy) is 3. The SMILES string of the molecule is CCCCCC/C=C\CCCCCCCCCC(=O)OCC(COC(=O)CCCCCCCCCCCCCCCCCCC)OC(=O)CCCCCCC/C=C\CCCCCCCCC. The second kappa shape index (κ2) is 55.5. The molecule has 0 aliphatic rings. The number of carbonyl (C=O) groups is 3. The maximum atomic E-state index is 12.8. The first kappa shape index (κ1) is 63.9. The predicted octanol–water partition coefficient (Wildman–Crippen LogP) is 19.5. The number of hydrogen-bond acceptors (Lipinski definition) is 6. The van der Waals surface area contributed by atoms with Crippen molar-refractivity contribution < 1.29 is 28.6 Å². The van der Waals surface area contributed by atoms with E-state index in [9.17, 15) is 14.4 Å². The van der Waals surface area contributed by atoms with E-state index < -0.39 is 6.10 Å². The largest absolute Gasteiger partial charge is 0.462 e. The summed E-state index contributed by atoms with van der Waals surface area (Å²) in [4.78, 5) is 38.2. The number of allylic oxidation sites excluding steroid dienone is 4. The third-order valence-electron chi connectivity index (χ3n) is 13.2. The summed E-state index contributed by atoms with van der Waals surface area (Å²) in [7, 11) is 0. The summed E-state index contributed by atoms with van der Waals surface area (Å²) in [6.07, 6.45) is 64.5. The van der Waals surface area contributed by atoms with Crippen LogP contribution in [-0.4, -0.2) is 37.2 Å². The molecule has 1 atom stereocenters. The van der Waals surface area contributed by atoms with E-state index in [1.807, 2.05) is 0 Å². The van der Waals surface area contributed by atoms with Crippen LogP contribution in [0.2, 0.25) is 0 Å². The van der Waals surface area contributed by atoms with Crippen molar-refractivity contribution in [3.8, 4) is 0 Å². The van der Waals surface area contributed by atoms with Crippen molar-refractivity contribution >= 4 is 17.9 Å².